The van der Waals surface area contributed by atoms with E-state index in [4.69, 9.17) is 9.47 Å². The van der Waals surface area contributed by atoms with Crippen LogP contribution >= 0.6 is 0 Å². The zero-order valence-corrected chi connectivity index (χ0v) is 13.2. The highest BCUT2D eigenvalue weighted by Gasteiger charge is 2.49. The Morgan fingerprint density at radius 3 is 2.81 bits per heavy atom. The Labute approximate surface area is 127 Å². The standard InChI is InChI=1S/C15H28N4O2/c1-3-21-13-8-15(9-13,19-4-6-20-7-5-19)11-17-14-16-10-12(2)18-14/h12-13H,3-11H2,1-2H3,(H2,16,17,18). The Balaban J connectivity index is 1.57. The summed E-state index contributed by atoms with van der Waals surface area (Å²) < 4.78 is 11.3. The van der Waals surface area contributed by atoms with E-state index < -0.39 is 0 Å². The van der Waals surface area contributed by atoms with Gasteiger partial charge in [-0.05, 0) is 26.7 Å². The average Bonchev–Trinajstić information content (AvgIpc) is 2.88. The fourth-order valence-corrected chi connectivity index (χ4v) is 3.60. The molecule has 21 heavy (non-hydrogen) atoms. The number of nitrogens with zero attached hydrogens (tertiary/aromatic N) is 2. The van der Waals surface area contributed by atoms with Crippen LogP contribution in [-0.2, 0) is 9.47 Å². The molecule has 2 N–H and O–H groups in total. The van der Waals surface area contributed by atoms with Gasteiger partial charge < -0.3 is 20.1 Å². The molecule has 2 aliphatic heterocycles. The average molecular weight is 296 g/mol. The van der Waals surface area contributed by atoms with Crippen molar-refractivity contribution >= 4 is 5.96 Å². The van der Waals surface area contributed by atoms with E-state index in [1.54, 1.807) is 0 Å². The van der Waals surface area contributed by atoms with Crippen molar-refractivity contribution in [1.82, 2.24) is 15.5 Å². The van der Waals surface area contributed by atoms with Gasteiger partial charge in [-0.2, -0.15) is 0 Å². The molecule has 2 fully saturated rings. The minimum atomic E-state index is 0.208. The topological polar surface area (TPSA) is 58.1 Å². The van der Waals surface area contributed by atoms with Crippen LogP contribution in [0.1, 0.15) is 26.7 Å². The molecule has 0 radical (unpaired) electrons. The third-order valence-corrected chi connectivity index (χ3v) is 4.79. The first kappa shape index (κ1) is 15.1. The molecule has 0 aromatic carbocycles. The maximum absolute atomic E-state index is 5.78. The first-order chi connectivity index (χ1) is 10.2. The lowest BCUT2D eigenvalue weighted by Crippen LogP contribution is -2.67. The molecule has 1 saturated carbocycles. The molecule has 1 atom stereocenters. The summed E-state index contributed by atoms with van der Waals surface area (Å²) in [4.78, 5) is 7.08. The van der Waals surface area contributed by atoms with Gasteiger partial charge in [0.1, 0.15) is 0 Å². The monoisotopic (exact) mass is 296 g/mol. The van der Waals surface area contributed by atoms with Crippen molar-refractivity contribution < 1.29 is 9.47 Å². The predicted molar refractivity (Wildman–Crippen MR) is 82.7 cm³/mol. The van der Waals surface area contributed by atoms with E-state index in [1.807, 2.05) is 0 Å². The van der Waals surface area contributed by atoms with Gasteiger partial charge in [-0.15, -0.1) is 0 Å². The van der Waals surface area contributed by atoms with Gasteiger partial charge in [-0.25, -0.2) is 0 Å². The van der Waals surface area contributed by atoms with E-state index in [0.717, 1.165) is 64.8 Å². The Kier molecular flexibility index (Phi) is 4.66. The van der Waals surface area contributed by atoms with Gasteiger partial charge >= 0.3 is 0 Å². The summed E-state index contributed by atoms with van der Waals surface area (Å²) in [6.45, 7) is 10.6. The van der Waals surface area contributed by atoms with Gasteiger partial charge in [0.25, 0.3) is 0 Å². The highest BCUT2D eigenvalue weighted by molar-refractivity contribution is 5.81. The Morgan fingerprint density at radius 1 is 1.43 bits per heavy atom. The molecule has 0 aromatic rings. The van der Waals surface area contributed by atoms with Crippen LogP contribution in [0.4, 0.5) is 0 Å². The van der Waals surface area contributed by atoms with E-state index >= 15 is 0 Å². The number of rotatable bonds is 5. The second-order valence-corrected chi connectivity index (χ2v) is 6.40. The third kappa shape index (κ3) is 3.33. The van der Waals surface area contributed by atoms with Crippen LogP contribution in [0.3, 0.4) is 0 Å². The number of morpholine rings is 1. The number of nitrogens with one attached hydrogen (secondary N) is 2. The normalized spacial score (nSPS) is 36.8. The molecule has 3 rings (SSSR count). The van der Waals surface area contributed by atoms with Crippen LogP contribution in [0.15, 0.2) is 4.99 Å². The lowest BCUT2D eigenvalue weighted by atomic mass is 9.72. The molecule has 120 valence electrons. The summed E-state index contributed by atoms with van der Waals surface area (Å²) in [5, 5.41) is 6.89. The van der Waals surface area contributed by atoms with Crippen LogP contribution in [0, 0.1) is 0 Å². The first-order valence-electron chi connectivity index (χ1n) is 8.21. The third-order valence-electron chi connectivity index (χ3n) is 4.79. The fraction of sp³-hybridized carbons (Fsp3) is 0.933. The smallest absolute Gasteiger partial charge is 0.191 e. The van der Waals surface area contributed by atoms with Crippen LogP contribution in [-0.4, -0.2) is 74.5 Å². The molecule has 6 heteroatoms. The molecular formula is C15H28N4O2. The van der Waals surface area contributed by atoms with E-state index in [2.05, 4.69) is 34.4 Å². The van der Waals surface area contributed by atoms with Crippen LogP contribution in [0.2, 0.25) is 0 Å². The molecular weight excluding hydrogens is 268 g/mol. The van der Waals surface area contributed by atoms with E-state index in [9.17, 15) is 0 Å². The SMILES string of the molecule is CCOC1CC(CNC2=NCC(C)N2)(N2CCOCC2)C1. The molecule has 1 unspecified atom stereocenters. The molecule has 2 heterocycles. The number of hydrogen-bond acceptors (Lipinski definition) is 6. The Bertz CT molecular complexity index is 376. The van der Waals surface area contributed by atoms with Gasteiger partial charge in [0.05, 0.1) is 25.9 Å². The summed E-state index contributed by atoms with van der Waals surface area (Å²) in [5.41, 5.74) is 0.208. The summed E-state index contributed by atoms with van der Waals surface area (Å²) in [5.74, 6) is 0.954. The molecule has 0 aromatic heterocycles. The van der Waals surface area contributed by atoms with Gasteiger partial charge in [-0.3, -0.25) is 9.89 Å². The summed E-state index contributed by atoms with van der Waals surface area (Å²) >= 11 is 0. The molecule has 0 amide bonds. The van der Waals surface area contributed by atoms with Gasteiger partial charge in [0, 0.05) is 37.8 Å². The highest BCUT2D eigenvalue weighted by Crippen LogP contribution is 2.39. The van der Waals surface area contributed by atoms with Crippen molar-refractivity contribution in [1.29, 1.82) is 0 Å². The van der Waals surface area contributed by atoms with Crippen molar-refractivity contribution in [3.8, 4) is 0 Å². The zero-order valence-electron chi connectivity index (χ0n) is 13.2. The lowest BCUT2D eigenvalue weighted by molar-refractivity contribution is -0.124. The first-order valence-corrected chi connectivity index (χ1v) is 8.21. The second kappa shape index (κ2) is 6.50. The predicted octanol–water partition coefficient (Wildman–Crippen LogP) is 0.194. The summed E-state index contributed by atoms with van der Waals surface area (Å²) in [6.07, 6.45) is 2.63. The Morgan fingerprint density at radius 2 is 2.19 bits per heavy atom. The lowest BCUT2D eigenvalue weighted by Gasteiger charge is -2.55. The maximum Gasteiger partial charge on any atom is 0.191 e. The second-order valence-electron chi connectivity index (χ2n) is 6.40. The van der Waals surface area contributed by atoms with Gasteiger partial charge in [-0.1, -0.05) is 0 Å². The zero-order chi connectivity index (χ0) is 14.7. The van der Waals surface area contributed by atoms with E-state index in [1.165, 1.54) is 0 Å². The van der Waals surface area contributed by atoms with Crippen molar-refractivity contribution in [2.45, 2.75) is 44.4 Å². The van der Waals surface area contributed by atoms with Gasteiger partial charge in [0.15, 0.2) is 5.96 Å². The number of ether oxygens (including phenoxy) is 2. The van der Waals surface area contributed by atoms with Crippen molar-refractivity contribution in [3.05, 3.63) is 0 Å². The largest absolute Gasteiger partial charge is 0.379 e. The minimum Gasteiger partial charge on any atom is -0.379 e. The number of guanidine groups is 1. The molecule has 3 aliphatic rings. The molecule has 1 saturated heterocycles. The van der Waals surface area contributed by atoms with Gasteiger partial charge in [0.2, 0.25) is 0 Å². The van der Waals surface area contributed by atoms with Crippen molar-refractivity contribution in [2.24, 2.45) is 4.99 Å². The highest BCUT2D eigenvalue weighted by atomic mass is 16.5. The summed E-state index contributed by atoms with van der Waals surface area (Å²) in [6, 6.07) is 0.449. The van der Waals surface area contributed by atoms with Crippen LogP contribution in [0.5, 0.6) is 0 Å². The van der Waals surface area contributed by atoms with Crippen LogP contribution in [0.25, 0.3) is 0 Å². The van der Waals surface area contributed by atoms with E-state index in [-0.39, 0.29) is 5.54 Å². The number of hydrogen-bond donors (Lipinski definition) is 2. The Hall–Kier alpha value is -0.850. The molecule has 6 nitrogen and oxygen atoms in total. The molecule has 1 aliphatic carbocycles. The molecule has 0 spiro atoms. The van der Waals surface area contributed by atoms with Crippen LogP contribution < -0.4 is 10.6 Å². The van der Waals surface area contributed by atoms with Crippen molar-refractivity contribution in [2.75, 3.05) is 46.0 Å². The quantitative estimate of drug-likeness (QED) is 0.759. The maximum atomic E-state index is 5.78. The van der Waals surface area contributed by atoms with E-state index in [0.29, 0.717) is 12.1 Å². The van der Waals surface area contributed by atoms with Crippen molar-refractivity contribution in [3.63, 3.8) is 0 Å². The minimum absolute atomic E-state index is 0.208. The molecule has 0 bridgehead atoms. The number of aliphatic imine (C=N–C) groups is 1. The summed E-state index contributed by atoms with van der Waals surface area (Å²) in [7, 11) is 0. The fourth-order valence-electron chi connectivity index (χ4n) is 3.60.